The highest BCUT2D eigenvalue weighted by Crippen LogP contribution is 2.09. The summed E-state index contributed by atoms with van der Waals surface area (Å²) >= 11 is 0. The Hall–Kier alpha value is -1.63. The molecular formula is C20H28N+. The van der Waals surface area contributed by atoms with Gasteiger partial charge < -0.3 is 0 Å². The largest absolute Gasteiger partial charge is 0.201 e. The lowest BCUT2D eigenvalue weighted by Gasteiger charge is -2.02. The van der Waals surface area contributed by atoms with Gasteiger partial charge in [-0.3, -0.25) is 0 Å². The number of rotatable bonds is 9. The molecule has 0 atom stereocenters. The Morgan fingerprint density at radius 2 is 1.38 bits per heavy atom. The fraction of sp³-hybridized carbons (Fsp3) is 0.450. The average molecular weight is 282 g/mol. The number of hydrogen-bond donors (Lipinski definition) is 0. The summed E-state index contributed by atoms with van der Waals surface area (Å²) in [7, 11) is 0. The number of aryl methyl sites for hydroxylation is 1. The van der Waals surface area contributed by atoms with Gasteiger partial charge in [0.05, 0.1) is 0 Å². The van der Waals surface area contributed by atoms with Crippen molar-refractivity contribution in [3.8, 4) is 0 Å². The third-order valence-electron chi connectivity index (χ3n) is 3.99. The molecule has 21 heavy (non-hydrogen) atoms. The van der Waals surface area contributed by atoms with Crippen molar-refractivity contribution in [3.63, 3.8) is 0 Å². The van der Waals surface area contributed by atoms with Gasteiger partial charge in [0.2, 0.25) is 0 Å². The summed E-state index contributed by atoms with van der Waals surface area (Å²) in [5, 5.41) is 0. The molecule has 1 heterocycles. The van der Waals surface area contributed by atoms with Gasteiger partial charge in [0.1, 0.15) is 0 Å². The third-order valence-corrected chi connectivity index (χ3v) is 3.99. The van der Waals surface area contributed by atoms with E-state index in [9.17, 15) is 0 Å². The van der Waals surface area contributed by atoms with Crippen molar-refractivity contribution < 1.29 is 4.57 Å². The van der Waals surface area contributed by atoms with Crippen molar-refractivity contribution in [2.75, 3.05) is 0 Å². The van der Waals surface area contributed by atoms with Crippen molar-refractivity contribution in [1.29, 1.82) is 0 Å². The molecule has 0 aliphatic rings. The van der Waals surface area contributed by atoms with E-state index in [0.29, 0.717) is 0 Å². The minimum atomic E-state index is 0.956. The zero-order chi connectivity index (χ0) is 14.8. The van der Waals surface area contributed by atoms with Crippen LogP contribution >= 0.6 is 0 Å². The van der Waals surface area contributed by atoms with Crippen molar-refractivity contribution in [1.82, 2.24) is 0 Å². The highest BCUT2D eigenvalue weighted by Gasteiger charge is 2.02. The summed E-state index contributed by atoms with van der Waals surface area (Å²) in [6.45, 7) is 3.23. The van der Waals surface area contributed by atoms with E-state index in [1.165, 1.54) is 56.1 Å². The number of hydrogen-bond acceptors (Lipinski definition) is 0. The van der Waals surface area contributed by atoms with Crippen LogP contribution in [0.25, 0.3) is 0 Å². The number of aromatic nitrogens is 1. The molecule has 0 aliphatic heterocycles. The third kappa shape index (κ3) is 6.12. The minimum Gasteiger partial charge on any atom is -0.201 e. The van der Waals surface area contributed by atoms with Gasteiger partial charge in [-0.1, -0.05) is 69.4 Å². The van der Waals surface area contributed by atoms with Gasteiger partial charge in [-0.05, 0) is 18.4 Å². The number of unbranched alkanes of at least 4 members (excludes halogenated alkanes) is 5. The fourth-order valence-electron chi connectivity index (χ4n) is 2.66. The first-order chi connectivity index (χ1) is 10.4. The number of pyridine rings is 1. The maximum atomic E-state index is 2.27. The fourth-order valence-corrected chi connectivity index (χ4v) is 2.66. The normalized spacial score (nSPS) is 10.7. The molecule has 0 aliphatic carbocycles. The Morgan fingerprint density at radius 1 is 0.714 bits per heavy atom. The van der Waals surface area contributed by atoms with E-state index >= 15 is 0 Å². The highest BCUT2D eigenvalue weighted by molar-refractivity contribution is 5.13. The Bertz CT molecular complexity index is 487. The van der Waals surface area contributed by atoms with Crippen LogP contribution in [0.15, 0.2) is 54.9 Å². The van der Waals surface area contributed by atoms with Gasteiger partial charge in [-0.15, -0.1) is 0 Å². The van der Waals surface area contributed by atoms with Crippen LogP contribution in [-0.2, 0) is 13.0 Å². The predicted molar refractivity (Wildman–Crippen MR) is 89.3 cm³/mol. The Morgan fingerprint density at radius 3 is 2.10 bits per heavy atom. The van der Waals surface area contributed by atoms with Crippen LogP contribution in [0.3, 0.4) is 0 Å². The van der Waals surface area contributed by atoms with E-state index in [-0.39, 0.29) is 0 Å². The van der Waals surface area contributed by atoms with Crippen LogP contribution in [0, 0.1) is 0 Å². The summed E-state index contributed by atoms with van der Waals surface area (Å²) in [5.74, 6) is 0. The molecule has 1 heteroatoms. The highest BCUT2D eigenvalue weighted by atomic mass is 14.9. The average Bonchev–Trinajstić information content (AvgIpc) is 2.53. The molecule has 0 saturated carbocycles. The maximum absolute atomic E-state index is 2.27. The molecule has 0 radical (unpaired) electrons. The number of benzene rings is 1. The molecule has 0 saturated heterocycles. The predicted octanol–water partition coefficient (Wildman–Crippen LogP) is 4.93. The number of nitrogens with zero attached hydrogens (tertiary/aromatic N) is 1. The lowest BCUT2D eigenvalue weighted by atomic mass is 10.1. The van der Waals surface area contributed by atoms with E-state index in [1.807, 2.05) is 0 Å². The summed E-state index contributed by atoms with van der Waals surface area (Å²) in [6, 6.07) is 15.2. The molecule has 1 nitrogen and oxygen atoms in total. The maximum Gasteiger partial charge on any atom is 0.173 e. The van der Waals surface area contributed by atoms with Crippen LogP contribution in [-0.4, -0.2) is 0 Å². The summed E-state index contributed by atoms with van der Waals surface area (Å²) in [6.07, 6.45) is 13.9. The van der Waals surface area contributed by atoms with Crippen LogP contribution in [0.2, 0.25) is 0 Å². The SMILES string of the molecule is CCCCCCCCc1cc[n+](Cc2ccccc2)cc1. The van der Waals surface area contributed by atoms with Gasteiger partial charge in [-0.25, -0.2) is 4.57 Å². The van der Waals surface area contributed by atoms with Crippen LogP contribution < -0.4 is 4.57 Å². The van der Waals surface area contributed by atoms with Crippen molar-refractivity contribution in [3.05, 3.63) is 66.0 Å². The van der Waals surface area contributed by atoms with E-state index in [2.05, 4.69) is 66.3 Å². The zero-order valence-corrected chi connectivity index (χ0v) is 13.3. The first-order valence-corrected chi connectivity index (χ1v) is 8.40. The second kappa shape index (κ2) is 9.33. The molecule has 1 aromatic heterocycles. The molecule has 0 spiro atoms. The molecule has 112 valence electrons. The standard InChI is InChI=1S/C20H28N/c1-2-3-4-5-6-8-11-19-14-16-21(17-15-19)18-20-12-9-7-10-13-20/h7,9-10,12-17H,2-6,8,11,18H2,1H3/q+1. The van der Waals surface area contributed by atoms with Crippen molar-refractivity contribution in [2.24, 2.45) is 0 Å². The van der Waals surface area contributed by atoms with E-state index in [0.717, 1.165) is 6.54 Å². The molecule has 0 N–H and O–H groups in total. The van der Waals surface area contributed by atoms with Crippen LogP contribution in [0.4, 0.5) is 0 Å². The van der Waals surface area contributed by atoms with E-state index in [1.54, 1.807) is 0 Å². The molecule has 0 bridgehead atoms. The van der Waals surface area contributed by atoms with Gasteiger partial charge >= 0.3 is 0 Å². The quantitative estimate of drug-likeness (QED) is 0.454. The first-order valence-electron chi connectivity index (χ1n) is 8.40. The van der Waals surface area contributed by atoms with Gasteiger partial charge in [0.25, 0.3) is 0 Å². The molecular weight excluding hydrogens is 254 g/mol. The lowest BCUT2D eigenvalue weighted by Crippen LogP contribution is -2.33. The van der Waals surface area contributed by atoms with Gasteiger partial charge in [0.15, 0.2) is 18.9 Å². The zero-order valence-electron chi connectivity index (χ0n) is 13.3. The Balaban J connectivity index is 1.72. The minimum absolute atomic E-state index is 0.956. The van der Waals surface area contributed by atoms with Gasteiger partial charge in [-0.2, -0.15) is 0 Å². The molecule has 2 rings (SSSR count). The van der Waals surface area contributed by atoms with E-state index < -0.39 is 0 Å². The van der Waals surface area contributed by atoms with Crippen LogP contribution in [0.5, 0.6) is 0 Å². The smallest absolute Gasteiger partial charge is 0.173 e. The summed E-state index contributed by atoms with van der Waals surface area (Å²) in [4.78, 5) is 0. The summed E-state index contributed by atoms with van der Waals surface area (Å²) < 4.78 is 2.25. The second-order valence-corrected chi connectivity index (χ2v) is 5.88. The molecule has 2 aromatic rings. The molecule has 1 aromatic carbocycles. The Kier molecular flexibility index (Phi) is 7.00. The monoisotopic (exact) mass is 282 g/mol. The van der Waals surface area contributed by atoms with Crippen molar-refractivity contribution in [2.45, 2.75) is 58.4 Å². The molecule has 0 amide bonds. The Labute approximate surface area is 129 Å². The van der Waals surface area contributed by atoms with Crippen molar-refractivity contribution >= 4 is 0 Å². The van der Waals surface area contributed by atoms with Crippen LogP contribution in [0.1, 0.15) is 56.6 Å². The molecule has 0 unspecified atom stereocenters. The van der Waals surface area contributed by atoms with E-state index in [4.69, 9.17) is 0 Å². The second-order valence-electron chi connectivity index (χ2n) is 5.88. The lowest BCUT2D eigenvalue weighted by molar-refractivity contribution is -0.688. The van der Waals surface area contributed by atoms with Gasteiger partial charge in [0, 0.05) is 17.7 Å². The first kappa shape index (κ1) is 15.8. The topological polar surface area (TPSA) is 3.88 Å². The molecule has 0 fully saturated rings. The summed E-state index contributed by atoms with van der Waals surface area (Å²) in [5.41, 5.74) is 2.82.